The minimum Gasteiger partial charge on any atom is -0.478 e. The summed E-state index contributed by atoms with van der Waals surface area (Å²) in [5.74, 6) is -1.44. The highest BCUT2D eigenvalue weighted by molar-refractivity contribution is 6.35. The molecule has 0 unspecified atom stereocenters. The van der Waals surface area contributed by atoms with E-state index in [4.69, 9.17) is 16.3 Å². The van der Waals surface area contributed by atoms with Gasteiger partial charge in [0.1, 0.15) is 18.2 Å². The van der Waals surface area contributed by atoms with Gasteiger partial charge in [0.25, 0.3) is 0 Å². The summed E-state index contributed by atoms with van der Waals surface area (Å²) in [6.45, 7) is 0.113. The summed E-state index contributed by atoms with van der Waals surface area (Å²) in [6.07, 6.45) is 0. The van der Waals surface area contributed by atoms with Crippen molar-refractivity contribution in [2.45, 2.75) is 6.73 Å². The monoisotopic (exact) mass is 360 g/mol. The fourth-order valence-corrected chi connectivity index (χ4v) is 2.93. The van der Waals surface area contributed by atoms with Crippen molar-refractivity contribution in [2.75, 3.05) is 7.11 Å². The summed E-state index contributed by atoms with van der Waals surface area (Å²) in [5, 5.41) is 14.1. The maximum Gasteiger partial charge on any atom is 0.336 e. The Bertz CT molecular complexity index is 923. The van der Waals surface area contributed by atoms with Gasteiger partial charge in [-0.25, -0.2) is 13.9 Å². The van der Waals surface area contributed by atoms with Crippen LogP contribution in [0.3, 0.4) is 0 Å². The molecular formula is C18H14ClFN2O3. The van der Waals surface area contributed by atoms with E-state index in [1.807, 2.05) is 0 Å². The van der Waals surface area contributed by atoms with Crippen LogP contribution in [-0.2, 0) is 11.5 Å². The van der Waals surface area contributed by atoms with E-state index < -0.39 is 5.97 Å². The second-order valence-electron chi connectivity index (χ2n) is 5.29. The molecule has 0 radical (unpaired) electrons. The number of rotatable bonds is 5. The molecule has 0 bridgehead atoms. The first-order valence-corrected chi connectivity index (χ1v) is 7.74. The summed E-state index contributed by atoms with van der Waals surface area (Å²) in [6, 6.07) is 12.3. The molecular weight excluding hydrogens is 347 g/mol. The van der Waals surface area contributed by atoms with Crippen molar-refractivity contribution in [1.82, 2.24) is 9.78 Å². The molecule has 0 saturated carbocycles. The van der Waals surface area contributed by atoms with Gasteiger partial charge in [-0.1, -0.05) is 29.8 Å². The van der Waals surface area contributed by atoms with E-state index in [0.29, 0.717) is 22.5 Å². The Balaban J connectivity index is 2.22. The van der Waals surface area contributed by atoms with Crippen molar-refractivity contribution in [3.05, 3.63) is 64.9 Å². The van der Waals surface area contributed by atoms with Crippen LogP contribution in [0.15, 0.2) is 48.5 Å². The average Bonchev–Trinajstić information content (AvgIpc) is 2.92. The Kier molecular flexibility index (Phi) is 4.83. The number of ether oxygens (including phenoxy) is 1. The predicted molar refractivity (Wildman–Crippen MR) is 92.0 cm³/mol. The quantitative estimate of drug-likeness (QED) is 0.736. The first-order valence-electron chi connectivity index (χ1n) is 7.36. The molecule has 128 valence electrons. The standard InChI is InChI=1S/C18H14ClFN2O3/c1-25-10-22-17(11-6-8-12(20)9-7-11)15(19)16(21-22)13-4-2-3-5-14(13)18(23)24/h2-9H,10H2,1H3,(H,23,24). The fourth-order valence-electron chi connectivity index (χ4n) is 2.59. The number of methoxy groups -OCH3 is 1. The van der Waals surface area contributed by atoms with Crippen molar-refractivity contribution in [2.24, 2.45) is 0 Å². The molecule has 0 spiro atoms. The Labute approximate surface area is 148 Å². The number of carboxylic acid groups (broad SMARTS) is 1. The zero-order valence-electron chi connectivity index (χ0n) is 13.2. The van der Waals surface area contributed by atoms with Gasteiger partial charge in [0.05, 0.1) is 16.3 Å². The van der Waals surface area contributed by atoms with Gasteiger partial charge < -0.3 is 9.84 Å². The number of halogens is 2. The number of benzene rings is 2. The Morgan fingerprint density at radius 2 is 1.92 bits per heavy atom. The maximum absolute atomic E-state index is 13.2. The highest BCUT2D eigenvalue weighted by Crippen LogP contribution is 2.37. The van der Waals surface area contributed by atoms with Crippen LogP contribution in [0.4, 0.5) is 4.39 Å². The van der Waals surface area contributed by atoms with E-state index in [2.05, 4.69) is 5.10 Å². The van der Waals surface area contributed by atoms with Gasteiger partial charge in [-0.2, -0.15) is 5.10 Å². The largest absolute Gasteiger partial charge is 0.478 e. The van der Waals surface area contributed by atoms with E-state index in [1.54, 1.807) is 30.3 Å². The maximum atomic E-state index is 13.2. The lowest BCUT2D eigenvalue weighted by Crippen LogP contribution is -2.04. The molecule has 0 aliphatic carbocycles. The average molecular weight is 361 g/mol. The predicted octanol–water partition coefficient (Wildman–Crippen LogP) is 4.31. The first-order chi connectivity index (χ1) is 12.0. The number of aromatic carboxylic acids is 1. The van der Waals surface area contributed by atoms with Gasteiger partial charge in [-0.3, -0.25) is 0 Å². The van der Waals surface area contributed by atoms with Crippen LogP contribution in [0.2, 0.25) is 5.02 Å². The van der Waals surface area contributed by atoms with E-state index >= 15 is 0 Å². The molecule has 0 fully saturated rings. The lowest BCUT2D eigenvalue weighted by molar-refractivity contribution is 0.0697. The number of nitrogens with zero attached hydrogens (tertiary/aromatic N) is 2. The molecule has 2 aromatic carbocycles. The smallest absolute Gasteiger partial charge is 0.336 e. The van der Waals surface area contributed by atoms with Gasteiger partial charge in [0.15, 0.2) is 0 Å². The second kappa shape index (κ2) is 7.04. The van der Waals surface area contributed by atoms with E-state index in [-0.39, 0.29) is 23.1 Å². The number of carboxylic acids is 1. The van der Waals surface area contributed by atoms with Crippen molar-refractivity contribution >= 4 is 17.6 Å². The van der Waals surface area contributed by atoms with Crippen LogP contribution >= 0.6 is 11.6 Å². The topological polar surface area (TPSA) is 64.4 Å². The van der Waals surface area contributed by atoms with E-state index in [9.17, 15) is 14.3 Å². The number of carbonyl (C=O) groups is 1. The summed E-state index contributed by atoms with van der Waals surface area (Å²) >= 11 is 6.53. The molecule has 0 atom stereocenters. The molecule has 7 heteroatoms. The normalized spacial score (nSPS) is 10.8. The van der Waals surface area contributed by atoms with Gasteiger partial charge in [0, 0.05) is 18.2 Å². The highest BCUT2D eigenvalue weighted by atomic mass is 35.5. The number of hydrogen-bond acceptors (Lipinski definition) is 3. The van der Waals surface area contributed by atoms with Crippen LogP contribution < -0.4 is 0 Å². The molecule has 3 rings (SSSR count). The van der Waals surface area contributed by atoms with Crippen molar-refractivity contribution in [3.63, 3.8) is 0 Å². The van der Waals surface area contributed by atoms with Crippen molar-refractivity contribution in [1.29, 1.82) is 0 Å². The number of aromatic nitrogens is 2. The lowest BCUT2D eigenvalue weighted by atomic mass is 10.0. The molecule has 0 aliphatic rings. The van der Waals surface area contributed by atoms with Gasteiger partial charge in [-0.05, 0) is 30.3 Å². The summed E-state index contributed by atoms with van der Waals surface area (Å²) in [4.78, 5) is 11.5. The van der Waals surface area contributed by atoms with Gasteiger partial charge >= 0.3 is 5.97 Å². The van der Waals surface area contributed by atoms with Crippen LogP contribution in [-0.4, -0.2) is 28.0 Å². The Morgan fingerprint density at radius 1 is 1.24 bits per heavy atom. The lowest BCUT2D eigenvalue weighted by Gasteiger charge is -2.06. The van der Waals surface area contributed by atoms with Crippen LogP contribution in [0.5, 0.6) is 0 Å². The third-order valence-corrected chi connectivity index (χ3v) is 4.03. The first kappa shape index (κ1) is 17.1. The minimum absolute atomic E-state index is 0.0946. The molecule has 0 aliphatic heterocycles. The fraction of sp³-hybridized carbons (Fsp3) is 0.111. The molecule has 5 nitrogen and oxygen atoms in total. The molecule has 0 saturated heterocycles. The third kappa shape index (κ3) is 3.26. The molecule has 0 amide bonds. The SMILES string of the molecule is COCn1nc(-c2ccccc2C(=O)O)c(Cl)c1-c1ccc(F)cc1. The molecule has 3 aromatic rings. The zero-order chi connectivity index (χ0) is 18.0. The van der Waals surface area contributed by atoms with E-state index in [1.165, 1.54) is 30.0 Å². The minimum atomic E-state index is -1.07. The highest BCUT2D eigenvalue weighted by Gasteiger charge is 2.22. The Hall–Kier alpha value is -2.70. The summed E-state index contributed by atoms with van der Waals surface area (Å²) < 4.78 is 19.9. The summed E-state index contributed by atoms with van der Waals surface area (Å²) in [5.41, 5.74) is 2.00. The van der Waals surface area contributed by atoms with Crippen molar-refractivity contribution < 1.29 is 19.0 Å². The van der Waals surface area contributed by atoms with Gasteiger partial charge in [-0.15, -0.1) is 0 Å². The molecule has 1 aromatic heterocycles. The van der Waals surface area contributed by atoms with Crippen LogP contribution in [0.1, 0.15) is 10.4 Å². The zero-order valence-corrected chi connectivity index (χ0v) is 14.0. The Morgan fingerprint density at radius 3 is 2.56 bits per heavy atom. The van der Waals surface area contributed by atoms with Crippen LogP contribution in [0.25, 0.3) is 22.5 Å². The summed E-state index contributed by atoms with van der Waals surface area (Å²) in [7, 11) is 1.51. The van der Waals surface area contributed by atoms with Crippen LogP contribution in [0, 0.1) is 5.82 Å². The van der Waals surface area contributed by atoms with Crippen molar-refractivity contribution in [3.8, 4) is 22.5 Å². The third-order valence-electron chi connectivity index (χ3n) is 3.68. The molecule has 1 heterocycles. The number of hydrogen-bond donors (Lipinski definition) is 1. The molecule has 1 N–H and O–H groups in total. The molecule has 25 heavy (non-hydrogen) atoms. The van der Waals surface area contributed by atoms with Gasteiger partial charge in [0.2, 0.25) is 0 Å². The second-order valence-corrected chi connectivity index (χ2v) is 5.66. The van der Waals surface area contributed by atoms with E-state index in [0.717, 1.165) is 0 Å².